The Kier molecular flexibility index (Phi) is 6.91. The van der Waals surface area contributed by atoms with Crippen LogP contribution in [-0.4, -0.2) is 37.0 Å². The van der Waals surface area contributed by atoms with Crippen molar-refractivity contribution in [3.8, 4) is 11.5 Å². The van der Waals surface area contributed by atoms with Gasteiger partial charge in [-0.3, -0.25) is 9.52 Å². The number of benzene rings is 3. The van der Waals surface area contributed by atoms with Gasteiger partial charge in [-0.15, -0.1) is 0 Å². The lowest BCUT2D eigenvalue weighted by Crippen LogP contribution is -2.17. The zero-order chi connectivity index (χ0) is 24.2. The van der Waals surface area contributed by atoms with Crippen LogP contribution < -0.4 is 24.7 Å². The molecule has 12 heteroatoms. The van der Waals surface area contributed by atoms with E-state index >= 15 is 0 Å². The van der Waals surface area contributed by atoms with Gasteiger partial charge in [0.15, 0.2) is 0 Å². The molecular formula is C21H21N3O7S2. The van der Waals surface area contributed by atoms with Crippen molar-refractivity contribution in [3.05, 3.63) is 72.3 Å². The van der Waals surface area contributed by atoms with E-state index in [4.69, 9.17) is 14.6 Å². The van der Waals surface area contributed by atoms with Crippen LogP contribution in [0.15, 0.2) is 76.5 Å². The number of sulfonamides is 2. The zero-order valence-corrected chi connectivity index (χ0v) is 19.2. The third-order valence-corrected chi connectivity index (χ3v) is 6.78. The molecule has 0 aliphatic carbocycles. The lowest BCUT2D eigenvalue weighted by atomic mass is 10.2. The van der Waals surface area contributed by atoms with Gasteiger partial charge in [-0.2, -0.15) is 0 Å². The summed E-state index contributed by atoms with van der Waals surface area (Å²) >= 11 is 0. The summed E-state index contributed by atoms with van der Waals surface area (Å²) in [6.45, 7) is 0. The molecule has 3 rings (SSSR count). The number of primary sulfonamides is 1. The second kappa shape index (κ2) is 9.48. The van der Waals surface area contributed by atoms with E-state index in [1.54, 1.807) is 24.3 Å². The van der Waals surface area contributed by atoms with E-state index < -0.39 is 26.0 Å². The maximum Gasteiger partial charge on any atom is 0.262 e. The van der Waals surface area contributed by atoms with Crippen molar-refractivity contribution in [2.75, 3.05) is 24.3 Å². The minimum atomic E-state index is -4.05. The molecular weight excluding hydrogens is 470 g/mol. The minimum Gasteiger partial charge on any atom is -0.495 e. The zero-order valence-electron chi connectivity index (χ0n) is 17.6. The molecule has 0 saturated heterocycles. The molecule has 10 nitrogen and oxygen atoms in total. The Hall–Kier alpha value is -3.61. The molecule has 0 unspecified atom stereocenters. The summed E-state index contributed by atoms with van der Waals surface area (Å²) in [5.41, 5.74) is 0.302. The molecule has 0 radical (unpaired) electrons. The van der Waals surface area contributed by atoms with Gasteiger partial charge in [-0.1, -0.05) is 18.2 Å². The smallest absolute Gasteiger partial charge is 0.262 e. The Labute approximate surface area is 191 Å². The van der Waals surface area contributed by atoms with E-state index in [0.29, 0.717) is 5.75 Å². The number of nitrogens with one attached hydrogen (secondary N) is 2. The quantitative estimate of drug-likeness (QED) is 0.437. The molecule has 0 aliphatic rings. The van der Waals surface area contributed by atoms with Crippen LogP contribution in [-0.2, 0) is 20.0 Å². The summed E-state index contributed by atoms with van der Waals surface area (Å²) < 4.78 is 61.8. The summed E-state index contributed by atoms with van der Waals surface area (Å²) in [5, 5.41) is 7.65. The topological polar surface area (TPSA) is 154 Å². The van der Waals surface area contributed by atoms with Crippen molar-refractivity contribution >= 4 is 37.3 Å². The van der Waals surface area contributed by atoms with E-state index in [1.165, 1.54) is 50.6 Å². The second-order valence-corrected chi connectivity index (χ2v) is 9.94. The van der Waals surface area contributed by atoms with Gasteiger partial charge in [0, 0.05) is 5.56 Å². The highest BCUT2D eigenvalue weighted by Gasteiger charge is 2.20. The van der Waals surface area contributed by atoms with Crippen LogP contribution >= 0.6 is 0 Å². The Morgan fingerprint density at radius 2 is 1.45 bits per heavy atom. The maximum atomic E-state index is 12.9. The molecule has 0 bridgehead atoms. The SMILES string of the molecule is COc1ccc(S(=O)(=O)Nc2ccccc2OC)cc1NC(=O)c1cccc(S(N)(=O)=O)c1. The number of para-hydroxylation sites is 2. The van der Waals surface area contributed by atoms with Crippen LogP contribution in [0, 0.1) is 0 Å². The fourth-order valence-electron chi connectivity index (χ4n) is 2.89. The average Bonchev–Trinajstić information content (AvgIpc) is 2.78. The highest BCUT2D eigenvalue weighted by molar-refractivity contribution is 7.92. The Balaban J connectivity index is 1.93. The van der Waals surface area contributed by atoms with Crippen molar-refractivity contribution in [1.82, 2.24) is 0 Å². The van der Waals surface area contributed by atoms with Gasteiger partial charge in [0.25, 0.3) is 15.9 Å². The fraction of sp³-hybridized carbons (Fsp3) is 0.0952. The Morgan fingerprint density at radius 1 is 0.788 bits per heavy atom. The third kappa shape index (κ3) is 5.61. The fourth-order valence-corrected chi connectivity index (χ4v) is 4.55. The van der Waals surface area contributed by atoms with Crippen molar-refractivity contribution in [2.24, 2.45) is 5.14 Å². The number of nitrogens with two attached hydrogens (primary N) is 1. The molecule has 1 amide bonds. The number of amides is 1. The standard InChI is InChI=1S/C21H21N3O7S2/c1-30-19-9-4-3-8-17(19)24-33(28,29)16-10-11-20(31-2)18(13-16)23-21(25)14-6-5-7-15(12-14)32(22,26)27/h3-13,24H,1-2H3,(H,23,25)(H2,22,26,27). The minimum absolute atomic E-state index is 0.00369. The number of ether oxygens (including phenoxy) is 2. The van der Waals surface area contributed by atoms with Gasteiger partial charge in [-0.25, -0.2) is 22.0 Å². The van der Waals surface area contributed by atoms with Crippen molar-refractivity contribution in [2.45, 2.75) is 9.79 Å². The van der Waals surface area contributed by atoms with Gasteiger partial charge in [0.05, 0.1) is 35.4 Å². The second-order valence-electron chi connectivity index (χ2n) is 6.69. The van der Waals surface area contributed by atoms with Gasteiger partial charge in [0.2, 0.25) is 10.0 Å². The first-order valence-electron chi connectivity index (χ1n) is 9.33. The molecule has 0 aliphatic heterocycles. The average molecular weight is 492 g/mol. The van der Waals surface area contributed by atoms with Crippen LogP contribution in [0.25, 0.3) is 0 Å². The lowest BCUT2D eigenvalue weighted by Gasteiger charge is -2.15. The van der Waals surface area contributed by atoms with Crippen LogP contribution in [0.5, 0.6) is 11.5 Å². The van der Waals surface area contributed by atoms with Crippen LogP contribution in [0.4, 0.5) is 11.4 Å². The summed E-state index contributed by atoms with van der Waals surface area (Å²) in [6, 6.07) is 15.5. The number of carbonyl (C=O) groups excluding carboxylic acids is 1. The number of hydrogen-bond acceptors (Lipinski definition) is 7. The van der Waals surface area contributed by atoms with Crippen molar-refractivity contribution in [3.63, 3.8) is 0 Å². The molecule has 33 heavy (non-hydrogen) atoms. The number of hydrogen-bond donors (Lipinski definition) is 3. The van der Waals surface area contributed by atoms with E-state index in [2.05, 4.69) is 10.0 Å². The highest BCUT2D eigenvalue weighted by Crippen LogP contribution is 2.31. The first-order valence-corrected chi connectivity index (χ1v) is 12.4. The van der Waals surface area contributed by atoms with Crippen molar-refractivity contribution in [1.29, 1.82) is 0 Å². The number of anilines is 2. The maximum absolute atomic E-state index is 12.9. The van der Waals surface area contributed by atoms with Crippen LogP contribution in [0.2, 0.25) is 0 Å². The summed E-state index contributed by atoms with van der Waals surface area (Å²) in [6.07, 6.45) is 0. The first kappa shape index (κ1) is 24.0. The lowest BCUT2D eigenvalue weighted by molar-refractivity contribution is 0.102. The largest absolute Gasteiger partial charge is 0.495 e. The predicted octanol–water partition coefficient (Wildman–Crippen LogP) is 2.40. The molecule has 3 aromatic rings. The highest BCUT2D eigenvalue weighted by atomic mass is 32.2. The van der Waals surface area contributed by atoms with E-state index in [1.807, 2.05) is 0 Å². The van der Waals surface area contributed by atoms with E-state index in [-0.39, 0.29) is 32.5 Å². The summed E-state index contributed by atoms with van der Waals surface area (Å²) in [7, 11) is -5.29. The van der Waals surface area contributed by atoms with Gasteiger partial charge in [0.1, 0.15) is 11.5 Å². The monoisotopic (exact) mass is 491 g/mol. The molecule has 0 atom stereocenters. The predicted molar refractivity (Wildman–Crippen MR) is 123 cm³/mol. The molecule has 0 spiro atoms. The Morgan fingerprint density at radius 3 is 2.12 bits per heavy atom. The molecule has 4 N–H and O–H groups in total. The van der Waals surface area contributed by atoms with E-state index in [9.17, 15) is 21.6 Å². The van der Waals surface area contributed by atoms with Gasteiger partial charge < -0.3 is 14.8 Å². The number of methoxy groups -OCH3 is 2. The van der Waals surface area contributed by atoms with E-state index in [0.717, 1.165) is 6.07 Å². The van der Waals surface area contributed by atoms with Crippen molar-refractivity contribution < 1.29 is 31.1 Å². The van der Waals surface area contributed by atoms with Crippen LogP contribution in [0.1, 0.15) is 10.4 Å². The van der Waals surface area contributed by atoms with Gasteiger partial charge >= 0.3 is 0 Å². The number of carbonyl (C=O) groups is 1. The summed E-state index contributed by atoms with van der Waals surface area (Å²) in [4.78, 5) is 12.3. The first-order chi connectivity index (χ1) is 15.5. The van der Waals surface area contributed by atoms with Crippen LogP contribution in [0.3, 0.4) is 0 Å². The molecule has 0 fully saturated rings. The molecule has 0 heterocycles. The molecule has 0 aromatic heterocycles. The molecule has 174 valence electrons. The molecule has 3 aromatic carbocycles. The number of rotatable bonds is 8. The third-order valence-electron chi connectivity index (χ3n) is 4.51. The summed E-state index contributed by atoms with van der Waals surface area (Å²) in [5.74, 6) is -0.161. The Bertz CT molecular complexity index is 1400. The normalized spacial score (nSPS) is 11.5. The molecule has 0 saturated carbocycles. The van der Waals surface area contributed by atoms with Gasteiger partial charge in [-0.05, 0) is 48.5 Å².